The summed E-state index contributed by atoms with van der Waals surface area (Å²) < 4.78 is 11.9. The van der Waals surface area contributed by atoms with Gasteiger partial charge in [0.1, 0.15) is 12.4 Å². The van der Waals surface area contributed by atoms with Crippen LogP contribution in [0, 0.1) is 0 Å². The van der Waals surface area contributed by atoms with Gasteiger partial charge in [-0.3, -0.25) is 4.79 Å². The highest BCUT2D eigenvalue weighted by Crippen LogP contribution is 2.20. The number of thioether (sulfide) groups is 1. The molecule has 3 aromatic rings. The Balaban J connectivity index is 1.55. The predicted octanol–water partition coefficient (Wildman–Crippen LogP) is 3.13. The number of amides is 1. The Morgan fingerprint density at radius 2 is 1.90 bits per heavy atom. The Labute approximate surface area is 187 Å². The normalized spacial score (nSPS) is 10.5. The van der Waals surface area contributed by atoms with Crippen LogP contribution in [0.4, 0.5) is 5.69 Å². The molecule has 0 saturated carbocycles. The number of anilines is 1. The van der Waals surface area contributed by atoms with Crippen LogP contribution in [0.15, 0.2) is 53.7 Å². The van der Waals surface area contributed by atoms with E-state index in [9.17, 15) is 9.59 Å². The summed E-state index contributed by atoms with van der Waals surface area (Å²) in [5, 5.41) is 11.6. The molecule has 3 rings (SSSR count). The predicted molar refractivity (Wildman–Crippen MR) is 118 cm³/mol. The van der Waals surface area contributed by atoms with Crippen molar-refractivity contribution in [3.63, 3.8) is 0 Å². The Bertz CT molecular complexity index is 1060. The summed E-state index contributed by atoms with van der Waals surface area (Å²) in [5.41, 5.74) is 0.657. The first kappa shape index (κ1) is 22.4. The summed E-state index contributed by atoms with van der Waals surface area (Å²) in [5.74, 6) is 6.20. The molecular weight excluding hydrogens is 442 g/mol. The molecule has 0 atom stereocenters. The lowest BCUT2D eigenvalue weighted by Gasteiger charge is -2.10. The Kier molecular flexibility index (Phi) is 7.74. The molecule has 162 valence electrons. The molecule has 0 aliphatic heterocycles. The molecule has 1 heterocycles. The Morgan fingerprint density at radius 3 is 2.65 bits per heavy atom. The number of para-hydroxylation sites is 1. The van der Waals surface area contributed by atoms with Crippen molar-refractivity contribution in [2.45, 2.75) is 18.7 Å². The van der Waals surface area contributed by atoms with Crippen molar-refractivity contribution in [2.75, 3.05) is 23.5 Å². The maximum atomic E-state index is 12.4. The highest BCUT2D eigenvalue weighted by molar-refractivity contribution is 7.99. The summed E-state index contributed by atoms with van der Waals surface area (Å²) >= 11 is 6.95. The molecule has 0 radical (unpaired) electrons. The van der Waals surface area contributed by atoms with Gasteiger partial charge in [-0.25, -0.2) is 9.47 Å². The lowest BCUT2D eigenvalue weighted by atomic mass is 10.2. The van der Waals surface area contributed by atoms with Crippen LogP contribution in [0.2, 0.25) is 5.02 Å². The summed E-state index contributed by atoms with van der Waals surface area (Å²) in [7, 11) is 0. The third-order valence-corrected chi connectivity index (χ3v) is 5.14. The first-order chi connectivity index (χ1) is 15.0. The minimum atomic E-state index is -0.502. The average Bonchev–Trinajstić information content (AvgIpc) is 3.12. The van der Waals surface area contributed by atoms with Crippen molar-refractivity contribution < 1.29 is 19.1 Å². The van der Waals surface area contributed by atoms with E-state index in [0.29, 0.717) is 27.4 Å². The summed E-state index contributed by atoms with van der Waals surface area (Å²) in [4.78, 5) is 24.4. The van der Waals surface area contributed by atoms with Gasteiger partial charge in [0.2, 0.25) is 11.1 Å². The van der Waals surface area contributed by atoms with Crippen LogP contribution >= 0.6 is 23.4 Å². The first-order valence-electron chi connectivity index (χ1n) is 9.24. The number of ether oxygens (including phenoxy) is 2. The number of carbonyl (C=O) groups excluding carboxylic acids is 2. The van der Waals surface area contributed by atoms with E-state index in [1.54, 1.807) is 55.5 Å². The molecular formula is C20H20ClN5O4S. The number of nitrogens with two attached hydrogens (primary N) is 1. The monoisotopic (exact) mass is 461 g/mol. The largest absolute Gasteiger partial charge is 0.486 e. The molecule has 0 aliphatic carbocycles. The number of nitrogens with one attached hydrogen (secondary N) is 1. The number of hydrogen-bond acceptors (Lipinski definition) is 8. The summed E-state index contributed by atoms with van der Waals surface area (Å²) in [6.07, 6.45) is 0. The fourth-order valence-corrected chi connectivity index (χ4v) is 3.28. The van der Waals surface area contributed by atoms with Crippen LogP contribution in [-0.4, -0.2) is 39.1 Å². The van der Waals surface area contributed by atoms with Crippen molar-refractivity contribution in [1.29, 1.82) is 0 Å². The third-order valence-electron chi connectivity index (χ3n) is 3.95. The Morgan fingerprint density at radius 1 is 1.16 bits per heavy atom. The molecule has 9 nitrogen and oxygen atoms in total. The van der Waals surface area contributed by atoms with E-state index in [4.69, 9.17) is 26.9 Å². The van der Waals surface area contributed by atoms with Crippen LogP contribution < -0.4 is 15.9 Å². The number of hydrogen-bond donors (Lipinski definition) is 2. The molecule has 31 heavy (non-hydrogen) atoms. The topological polar surface area (TPSA) is 121 Å². The zero-order valence-corrected chi connectivity index (χ0v) is 18.2. The molecule has 11 heteroatoms. The van der Waals surface area contributed by atoms with Gasteiger partial charge < -0.3 is 20.6 Å². The van der Waals surface area contributed by atoms with E-state index in [2.05, 4.69) is 15.5 Å². The molecule has 1 amide bonds. The number of nitrogen functional groups attached to an aromatic ring is 1. The minimum absolute atomic E-state index is 0.0184. The molecule has 1 aromatic heterocycles. The lowest BCUT2D eigenvalue weighted by Crippen LogP contribution is -2.19. The van der Waals surface area contributed by atoms with Crippen LogP contribution in [-0.2, 0) is 16.1 Å². The molecule has 0 spiro atoms. The van der Waals surface area contributed by atoms with Gasteiger partial charge in [-0.2, -0.15) is 0 Å². The van der Waals surface area contributed by atoms with Crippen LogP contribution in [0.25, 0.3) is 0 Å². The number of benzene rings is 2. The quantitative estimate of drug-likeness (QED) is 0.283. The van der Waals surface area contributed by atoms with E-state index in [0.717, 1.165) is 11.8 Å². The number of aromatic nitrogens is 3. The third kappa shape index (κ3) is 6.12. The summed E-state index contributed by atoms with van der Waals surface area (Å²) in [6, 6.07) is 13.5. The van der Waals surface area contributed by atoms with Gasteiger partial charge in [-0.1, -0.05) is 35.5 Å². The van der Waals surface area contributed by atoms with Gasteiger partial charge in [0, 0.05) is 5.02 Å². The smallest absolute Gasteiger partial charge is 0.340 e. The van der Waals surface area contributed by atoms with Crippen molar-refractivity contribution in [3.05, 3.63) is 64.9 Å². The van der Waals surface area contributed by atoms with E-state index < -0.39 is 5.97 Å². The molecule has 3 N–H and O–H groups in total. The van der Waals surface area contributed by atoms with Gasteiger partial charge in [0.15, 0.2) is 5.82 Å². The molecule has 0 saturated heterocycles. The second-order valence-corrected chi connectivity index (χ2v) is 7.49. The van der Waals surface area contributed by atoms with Gasteiger partial charge in [-0.05, 0) is 43.3 Å². The number of esters is 1. The maximum Gasteiger partial charge on any atom is 0.340 e. The number of carbonyl (C=O) groups is 2. The highest BCUT2D eigenvalue weighted by atomic mass is 35.5. The maximum absolute atomic E-state index is 12.4. The van der Waals surface area contributed by atoms with Crippen LogP contribution in [0.1, 0.15) is 23.1 Å². The van der Waals surface area contributed by atoms with Crippen molar-refractivity contribution in [1.82, 2.24) is 14.9 Å². The average molecular weight is 462 g/mol. The fourth-order valence-electron chi connectivity index (χ4n) is 2.48. The standard InChI is InChI=1S/C20H20ClN5O4S/c1-2-29-19(28)15-5-3-4-6-16(15)23-18(27)12-31-20-25-24-17(26(20)22)11-30-14-9-7-13(21)8-10-14/h3-10H,2,11-12,22H2,1H3,(H,23,27). The second-order valence-electron chi connectivity index (χ2n) is 6.11. The van der Waals surface area contributed by atoms with Crippen molar-refractivity contribution in [2.24, 2.45) is 0 Å². The zero-order valence-electron chi connectivity index (χ0n) is 16.6. The highest BCUT2D eigenvalue weighted by Gasteiger charge is 2.16. The minimum Gasteiger partial charge on any atom is -0.486 e. The van der Waals surface area contributed by atoms with Gasteiger partial charge in [-0.15, -0.1) is 10.2 Å². The number of halogens is 1. The van der Waals surface area contributed by atoms with E-state index in [-0.39, 0.29) is 30.4 Å². The van der Waals surface area contributed by atoms with Gasteiger partial charge >= 0.3 is 5.97 Å². The molecule has 0 unspecified atom stereocenters. The van der Waals surface area contributed by atoms with Crippen molar-refractivity contribution >= 4 is 40.9 Å². The molecule has 2 aromatic carbocycles. The van der Waals surface area contributed by atoms with Crippen LogP contribution in [0.5, 0.6) is 5.75 Å². The zero-order chi connectivity index (χ0) is 22.2. The SMILES string of the molecule is CCOC(=O)c1ccccc1NC(=O)CSc1nnc(COc2ccc(Cl)cc2)n1N. The molecule has 0 bridgehead atoms. The molecule has 0 fully saturated rings. The second kappa shape index (κ2) is 10.7. The number of rotatable bonds is 9. The van der Waals surface area contributed by atoms with Gasteiger partial charge in [0.25, 0.3) is 0 Å². The van der Waals surface area contributed by atoms with E-state index in [1.807, 2.05) is 0 Å². The number of nitrogens with zero attached hydrogens (tertiary/aromatic N) is 3. The van der Waals surface area contributed by atoms with Crippen LogP contribution in [0.3, 0.4) is 0 Å². The van der Waals surface area contributed by atoms with E-state index in [1.165, 1.54) is 4.68 Å². The lowest BCUT2D eigenvalue weighted by molar-refractivity contribution is -0.113. The van der Waals surface area contributed by atoms with Crippen molar-refractivity contribution in [3.8, 4) is 5.75 Å². The van der Waals surface area contributed by atoms with Gasteiger partial charge in [0.05, 0.1) is 23.6 Å². The fraction of sp³-hybridized carbons (Fsp3) is 0.200. The molecule has 0 aliphatic rings. The first-order valence-corrected chi connectivity index (χ1v) is 10.6. The summed E-state index contributed by atoms with van der Waals surface area (Å²) in [6.45, 7) is 2.06. The Hall–Kier alpha value is -3.24. The van der Waals surface area contributed by atoms with E-state index >= 15 is 0 Å².